The number of aryl methyl sites for hydroxylation is 1. The predicted octanol–water partition coefficient (Wildman–Crippen LogP) is 3.80. The number of nitrogens with one attached hydrogen (secondary N) is 1. The summed E-state index contributed by atoms with van der Waals surface area (Å²) >= 11 is 0. The van der Waals surface area contributed by atoms with Crippen molar-refractivity contribution in [2.24, 2.45) is 0 Å². The summed E-state index contributed by atoms with van der Waals surface area (Å²) < 4.78 is 27.8. The van der Waals surface area contributed by atoms with Gasteiger partial charge in [0.05, 0.1) is 0 Å². The van der Waals surface area contributed by atoms with E-state index in [0.717, 1.165) is 19.5 Å². The Bertz CT molecular complexity index is 776. The van der Waals surface area contributed by atoms with Crippen molar-refractivity contribution < 1.29 is 13.6 Å². The molecule has 2 aromatic rings. The Morgan fingerprint density at radius 3 is 2.48 bits per heavy atom. The molecule has 2 aromatic carbocycles. The Balaban J connectivity index is 0.00000225. The monoisotopic (exact) mass is 366 g/mol. The summed E-state index contributed by atoms with van der Waals surface area (Å²) in [6, 6.07) is 8.85. The average Bonchev–Trinajstić information content (AvgIpc) is 3.08. The fourth-order valence-corrected chi connectivity index (χ4v) is 3.14. The normalized spacial score (nSPS) is 16.4. The van der Waals surface area contributed by atoms with E-state index in [1.165, 1.54) is 18.2 Å². The highest BCUT2D eigenvalue weighted by atomic mass is 35.5. The smallest absolute Gasteiger partial charge is 0.253 e. The molecule has 25 heavy (non-hydrogen) atoms. The second-order valence-corrected chi connectivity index (χ2v) is 6.22. The van der Waals surface area contributed by atoms with Crippen LogP contribution in [-0.2, 0) is 0 Å². The molecule has 1 heterocycles. The van der Waals surface area contributed by atoms with Gasteiger partial charge in [0.1, 0.15) is 11.6 Å². The van der Waals surface area contributed by atoms with E-state index in [1.54, 1.807) is 37.1 Å². The molecule has 1 aliphatic heterocycles. The summed E-state index contributed by atoms with van der Waals surface area (Å²) in [6.45, 7) is 3.38. The van der Waals surface area contributed by atoms with E-state index < -0.39 is 5.82 Å². The van der Waals surface area contributed by atoms with Crippen LogP contribution >= 0.6 is 12.4 Å². The zero-order chi connectivity index (χ0) is 17.3. The summed E-state index contributed by atoms with van der Waals surface area (Å²) in [6.07, 6.45) is 0.900. The topological polar surface area (TPSA) is 32.3 Å². The first kappa shape index (κ1) is 19.3. The van der Waals surface area contributed by atoms with Gasteiger partial charge in [-0.15, -0.1) is 12.4 Å². The molecule has 1 saturated heterocycles. The molecule has 0 saturated carbocycles. The molecule has 1 aliphatic rings. The summed E-state index contributed by atoms with van der Waals surface area (Å²) in [5, 5.41) is 3.21. The van der Waals surface area contributed by atoms with Crippen LogP contribution in [0.3, 0.4) is 0 Å². The molecule has 0 radical (unpaired) electrons. The van der Waals surface area contributed by atoms with Crippen molar-refractivity contribution in [3.63, 3.8) is 0 Å². The maximum Gasteiger partial charge on any atom is 0.253 e. The third kappa shape index (κ3) is 3.99. The van der Waals surface area contributed by atoms with Crippen LogP contribution in [0.2, 0.25) is 0 Å². The molecule has 3 rings (SSSR count). The molecule has 0 spiro atoms. The number of nitrogens with zero attached hydrogens (tertiary/aromatic N) is 1. The van der Waals surface area contributed by atoms with E-state index >= 15 is 0 Å². The molecule has 1 atom stereocenters. The molecule has 1 N–H and O–H groups in total. The number of hydrogen-bond acceptors (Lipinski definition) is 2. The largest absolute Gasteiger partial charge is 0.337 e. The number of benzene rings is 2. The van der Waals surface area contributed by atoms with Gasteiger partial charge in [-0.3, -0.25) is 4.79 Å². The molecule has 1 fully saturated rings. The fraction of sp³-hybridized carbons (Fsp3) is 0.316. The van der Waals surface area contributed by atoms with Gasteiger partial charge >= 0.3 is 0 Å². The second kappa shape index (κ2) is 7.93. The lowest BCUT2D eigenvalue weighted by Crippen LogP contribution is -2.38. The minimum Gasteiger partial charge on any atom is -0.337 e. The van der Waals surface area contributed by atoms with Gasteiger partial charge in [-0.2, -0.15) is 0 Å². The molecule has 0 aliphatic carbocycles. The summed E-state index contributed by atoms with van der Waals surface area (Å²) in [5.74, 6) is -1.02. The van der Waals surface area contributed by atoms with Gasteiger partial charge in [-0.05, 0) is 55.3 Å². The SMILES string of the molecule is Cc1cc(F)ccc1-c1ccc(C(=O)N(C)C2CCNC2)cc1F.Cl. The predicted molar refractivity (Wildman–Crippen MR) is 97.1 cm³/mol. The van der Waals surface area contributed by atoms with Crippen molar-refractivity contribution >= 4 is 18.3 Å². The van der Waals surface area contributed by atoms with Crippen molar-refractivity contribution in [3.05, 3.63) is 59.2 Å². The highest BCUT2D eigenvalue weighted by Gasteiger charge is 2.24. The van der Waals surface area contributed by atoms with E-state index in [9.17, 15) is 13.6 Å². The fourth-order valence-electron chi connectivity index (χ4n) is 3.14. The minimum absolute atomic E-state index is 0. The zero-order valence-corrected chi connectivity index (χ0v) is 15.0. The van der Waals surface area contributed by atoms with Crippen molar-refractivity contribution in [2.45, 2.75) is 19.4 Å². The summed E-state index contributed by atoms with van der Waals surface area (Å²) in [7, 11) is 1.75. The Labute approximate surface area is 152 Å². The Morgan fingerprint density at radius 1 is 1.16 bits per heavy atom. The number of rotatable bonds is 3. The molecule has 0 aromatic heterocycles. The number of amides is 1. The van der Waals surface area contributed by atoms with E-state index in [-0.39, 0.29) is 30.2 Å². The summed E-state index contributed by atoms with van der Waals surface area (Å²) in [4.78, 5) is 14.2. The van der Waals surface area contributed by atoms with Crippen LogP contribution in [0.4, 0.5) is 8.78 Å². The lowest BCUT2D eigenvalue weighted by Gasteiger charge is -2.24. The van der Waals surface area contributed by atoms with E-state index in [4.69, 9.17) is 0 Å². The Hall–Kier alpha value is -1.98. The molecule has 6 heteroatoms. The van der Waals surface area contributed by atoms with Crippen molar-refractivity contribution in [1.29, 1.82) is 0 Å². The lowest BCUT2D eigenvalue weighted by atomic mass is 9.98. The van der Waals surface area contributed by atoms with Crippen molar-refractivity contribution in [3.8, 4) is 11.1 Å². The molecule has 3 nitrogen and oxygen atoms in total. The first-order valence-electron chi connectivity index (χ1n) is 8.01. The van der Waals surface area contributed by atoms with Crippen LogP contribution in [-0.4, -0.2) is 37.0 Å². The Kier molecular flexibility index (Phi) is 6.14. The van der Waals surface area contributed by atoms with Crippen molar-refractivity contribution in [2.75, 3.05) is 20.1 Å². The second-order valence-electron chi connectivity index (χ2n) is 6.22. The maximum atomic E-state index is 14.5. The Morgan fingerprint density at radius 2 is 1.88 bits per heavy atom. The van der Waals surface area contributed by atoms with Crippen LogP contribution in [0, 0.1) is 18.6 Å². The van der Waals surface area contributed by atoms with E-state index in [2.05, 4.69) is 5.32 Å². The molecular weight excluding hydrogens is 346 g/mol. The lowest BCUT2D eigenvalue weighted by molar-refractivity contribution is 0.0743. The van der Waals surface area contributed by atoms with E-state index in [0.29, 0.717) is 22.3 Å². The van der Waals surface area contributed by atoms with Crippen LogP contribution in [0.1, 0.15) is 22.3 Å². The van der Waals surface area contributed by atoms with E-state index in [1.807, 2.05) is 0 Å². The highest BCUT2D eigenvalue weighted by molar-refractivity contribution is 5.95. The zero-order valence-electron chi connectivity index (χ0n) is 14.2. The van der Waals surface area contributed by atoms with Gasteiger partial charge in [-0.1, -0.05) is 12.1 Å². The molecule has 134 valence electrons. The van der Waals surface area contributed by atoms with Gasteiger partial charge in [0, 0.05) is 30.8 Å². The van der Waals surface area contributed by atoms with Crippen LogP contribution < -0.4 is 5.32 Å². The van der Waals surface area contributed by atoms with Crippen LogP contribution in [0.5, 0.6) is 0 Å². The van der Waals surface area contributed by atoms with Crippen LogP contribution in [0.15, 0.2) is 36.4 Å². The molecule has 1 amide bonds. The molecule has 1 unspecified atom stereocenters. The minimum atomic E-state index is -0.478. The van der Waals surface area contributed by atoms with Gasteiger partial charge in [0.2, 0.25) is 0 Å². The first-order valence-corrected chi connectivity index (χ1v) is 8.01. The standard InChI is InChI=1S/C19H20F2N2O.ClH/c1-12-9-14(20)4-6-16(12)17-5-3-13(10-18(17)21)19(24)23(2)15-7-8-22-11-15;/h3-6,9-10,15,22H,7-8,11H2,1-2H3;1H. The number of likely N-dealkylation sites (N-methyl/N-ethyl adjacent to an activating group) is 1. The van der Waals surface area contributed by atoms with Crippen LogP contribution in [0.25, 0.3) is 11.1 Å². The third-order valence-electron chi connectivity index (χ3n) is 4.60. The van der Waals surface area contributed by atoms with Crippen molar-refractivity contribution in [1.82, 2.24) is 10.2 Å². The number of carbonyl (C=O) groups is 1. The first-order chi connectivity index (χ1) is 11.5. The number of carbonyl (C=O) groups excluding carboxylic acids is 1. The molecule has 0 bridgehead atoms. The highest BCUT2D eigenvalue weighted by Crippen LogP contribution is 2.27. The third-order valence-corrected chi connectivity index (χ3v) is 4.60. The van der Waals surface area contributed by atoms with Gasteiger partial charge in [-0.25, -0.2) is 8.78 Å². The molecular formula is C19H21ClF2N2O. The van der Waals surface area contributed by atoms with Gasteiger partial charge in [0.15, 0.2) is 0 Å². The number of hydrogen-bond donors (Lipinski definition) is 1. The average molecular weight is 367 g/mol. The van der Waals surface area contributed by atoms with Gasteiger partial charge < -0.3 is 10.2 Å². The number of halogens is 3. The quantitative estimate of drug-likeness (QED) is 0.896. The maximum absolute atomic E-state index is 14.5. The van der Waals surface area contributed by atoms with Gasteiger partial charge in [0.25, 0.3) is 5.91 Å². The summed E-state index contributed by atoms with van der Waals surface area (Å²) in [5.41, 5.74) is 1.98.